The average molecular weight is 446 g/mol. The molecule has 0 aliphatic rings. The highest BCUT2D eigenvalue weighted by Crippen LogP contribution is 2.27. The third kappa shape index (κ3) is 5.80. The predicted molar refractivity (Wildman–Crippen MR) is 129 cm³/mol. The summed E-state index contributed by atoms with van der Waals surface area (Å²) in [6.07, 6.45) is 0.853. The molecule has 0 aliphatic carbocycles. The highest BCUT2D eigenvalue weighted by Gasteiger charge is 2.13. The van der Waals surface area contributed by atoms with Crippen molar-refractivity contribution in [1.82, 2.24) is 0 Å². The summed E-state index contributed by atoms with van der Waals surface area (Å²) in [5.41, 5.74) is 0.428. The minimum atomic E-state index is -0.964. The van der Waals surface area contributed by atoms with Crippen molar-refractivity contribution in [3.8, 4) is 11.5 Å². The molecule has 2 N–H and O–H groups in total. The molecule has 0 aromatic heterocycles. The topological polar surface area (TPSA) is 93.1 Å². The van der Waals surface area contributed by atoms with Crippen LogP contribution in [0, 0.1) is 0 Å². The molecule has 33 heavy (non-hydrogen) atoms. The van der Waals surface area contributed by atoms with E-state index < -0.39 is 11.9 Å². The molecular formula is C27H26O6. The Balaban J connectivity index is 0.000000186. The molecule has 0 saturated carbocycles. The Labute approximate surface area is 192 Å². The molecular weight excluding hydrogens is 420 g/mol. The number of carbonyl (C=O) groups is 2. The lowest BCUT2D eigenvalue weighted by Gasteiger charge is -2.09. The average Bonchev–Trinajstić information content (AvgIpc) is 2.82. The van der Waals surface area contributed by atoms with Gasteiger partial charge in [-0.1, -0.05) is 55.5 Å². The smallest absolute Gasteiger partial charge is 0.339 e. The largest absolute Gasteiger partial charge is 0.493 e. The molecule has 0 spiro atoms. The predicted octanol–water partition coefficient (Wildman–Crippen LogP) is 6.26. The quantitative estimate of drug-likeness (QED) is 0.348. The molecule has 6 nitrogen and oxygen atoms in total. The van der Waals surface area contributed by atoms with Gasteiger partial charge in [0.25, 0.3) is 0 Å². The molecule has 4 aromatic carbocycles. The van der Waals surface area contributed by atoms with Crippen LogP contribution in [0.4, 0.5) is 0 Å². The maximum absolute atomic E-state index is 11.1. The Morgan fingerprint density at radius 2 is 1.06 bits per heavy atom. The molecule has 4 rings (SSSR count). The van der Waals surface area contributed by atoms with Crippen LogP contribution >= 0.6 is 0 Å². The second-order valence-corrected chi connectivity index (χ2v) is 7.28. The summed E-state index contributed by atoms with van der Waals surface area (Å²) in [6, 6.07) is 22.1. The van der Waals surface area contributed by atoms with Gasteiger partial charge in [0.2, 0.25) is 0 Å². The minimum Gasteiger partial charge on any atom is -0.493 e. The maximum atomic E-state index is 11.1. The highest BCUT2D eigenvalue weighted by atomic mass is 16.5. The number of benzene rings is 4. The van der Waals surface area contributed by atoms with Gasteiger partial charge in [0, 0.05) is 0 Å². The van der Waals surface area contributed by atoms with Crippen molar-refractivity contribution in [3.05, 3.63) is 83.9 Å². The minimum absolute atomic E-state index is 0.209. The van der Waals surface area contributed by atoms with Gasteiger partial charge in [-0.25, -0.2) is 9.59 Å². The number of hydrogen-bond acceptors (Lipinski definition) is 4. The number of aromatic carboxylic acids is 2. The van der Waals surface area contributed by atoms with Gasteiger partial charge < -0.3 is 19.7 Å². The first-order chi connectivity index (χ1) is 15.9. The fourth-order valence-corrected chi connectivity index (χ4v) is 3.38. The molecule has 4 aromatic rings. The van der Waals surface area contributed by atoms with Crippen molar-refractivity contribution >= 4 is 33.5 Å². The van der Waals surface area contributed by atoms with Crippen molar-refractivity contribution in [2.75, 3.05) is 13.2 Å². The first kappa shape index (κ1) is 23.6. The van der Waals surface area contributed by atoms with Crippen molar-refractivity contribution in [2.45, 2.75) is 20.3 Å². The fraction of sp³-hybridized carbons (Fsp3) is 0.185. The number of hydrogen-bond donors (Lipinski definition) is 2. The molecule has 0 aliphatic heterocycles. The van der Waals surface area contributed by atoms with E-state index in [0.717, 1.165) is 28.0 Å². The van der Waals surface area contributed by atoms with Crippen LogP contribution in [-0.4, -0.2) is 35.4 Å². The second kappa shape index (κ2) is 11.0. The zero-order chi connectivity index (χ0) is 23.8. The summed E-state index contributed by atoms with van der Waals surface area (Å²) < 4.78 is 10.8. The van der Waals surface area contributed by atoms with Gasteiger partial charge >= 0.3 is 11.9 Å². The lowest BCUT2D eigenvalue weighted by atomic mass is 10.1. The van der Waals surface area contributed by atoms with Crippen LogP contribution in [0.2, 0.25) is 0 Å². The molecule has 0 fully saturated rings. The lowest BCUT2D eigenvalue weighted by molar-refractivity contribution is 0.0681. The monoisotopic (exact) mass is 446 g/mol. The second-order valence-electron chi connectivity index (χ2n) is 7.28. The summed E-state index contributed by atoms with van der Waals surface area (Å²) in [4.78, 5) is 22.2. The summed E-state index contributed by atoms with van der Waals surface area (Å²) in [5.74, 6) is -1.05. The zero-order valence-electron chi connectivity index (χ0n) is 18.6. The Bertz CT molecular complexity index is 1280. The first-order valence-corrected chi connectivity index (χ1v) is 10.7. The van der Waals surface area contributed by atoms with Gasteiger partial charge in [0.05, 0.1) is 13.2 Å². The van der Waals surface area contributed by atoms with Crippen LogP contribution in [-0.2, 0) is 0 Å². The van der Waals surface area contributed by atoms with Crippen LogP contribution in [0.1, 0.15) is 41.0 Å². The Kier molecular flexibility index (Phi) is 7.86. The van der Waals surface area contributed by atoms with Gasteiger partial charge in [0.1, 0.15) is 22.6 Å². The van der Waals surface area contributed by atoms with E-state index in [-0.39, 0.29) is 11.1 Å². The van der Waals surface area contributed by atoms with Crippen LogP contribution in [0.15, 0.2) is 72.8 Å². The van der Waals surface area contributed by atoms with Gasteiger partial charge in [-0.05, 0) is 59.2 Å². The number of rotatable bonds is 7. The Morgan fingerprint density at radius 1 is 0.667 bits per heavy atom. The SMILES string of the molecule is CCCOc1cc2ccccc2cc1C(=O)O.CCOc1cc2ccccc2cc1C(=O)O. The Morgan fingerprint density at radius 3 is 1.42 bits per heavy atom. The Hall–Kier alpha value is -4.06. The number of fused-ring (bicyclic) bond motifs is 2. The van der Waals surface area contributed by atoms with E-state index in [9.17, 15) is 9.59 Å². The van der Waals surface area contributed by atoms with Crippen LogP contribution in [0.25, 0.3) is 21.5 Å². The number of ether oxygens (including phenoxy) is 2. The molecule has 0 saturated heterocycles. The van der Waals surface area contributed by atoms with Gasteiger partial charge in [0.15, 0.2) is 0 Å². The van der Waals surface area contributed by atoms with Gasteiger partial charge in [-0.2, -0.15) is 0 Å². The van der Waals surface area contributed by atoms with Gasteiger partial charge in [-0.15, -0.1) is 0 Å². The molecule has 0 bridgehead atoms. The van der Waals surface area contributed by atoms with Crippen molar-refractivity contribution in [3.63, 3.8) is 0 Å². The molecule has 0 heterocycles. The van der Waals surface area contributed by atoms with E-state index in [0.29, 0.717) is 24.7 Å². The third-order valence-electron chi connectivity index (χ3n) is 4.92. The molecule has 6 heteroatoms. The molecule has 0 atom stereocenters. The van der Waals surface area contributed by atoms with Crippen molar-refractivity contribution in [2.24, 2.45) is 0 Å². The molecule has 170 valence electrons. The maximum Gasteiger partial charge on any atom is 0.339 e. The third-order valence-corrected chi connectivity index (χ3v) is 4.92. The van der Waals surface area contributed by atoms with Crippen LogP contribution in [0.3, 0.4) is 0 Å². The summed E-state index contributed by atoms with van der Waals surface area (Å²) in [7, 11) is 0. The number of carboxylic acid groups (broad SMARTS) is 2. The van der Waals surface area contributed by atoms with Crippen molar-refractivity contribution < 1.29 is 29.3 Å². The first-order valence-electron chi connectivity index (χ1n) is 10.7. The molecule has 0 amide bonds. The van der Waals surface area contributed by atoms with E-state index >= 15 is 0 Å². The molecule has 0 radical (unpaired) electrons. The van der Waals surface area contributed by atoms with E-state index in [1.54, 1.807) is 24.3 Å². The van der Waals surface area contributed by atoms with E-state index in [4.69, 9.17) is 19.7 Å². The summed E-state index contributed by atoms with van der Waals surface area (Å²) in [6.45, 7) is 4.81. The highest BCUT2D eigenvalue weighted by molar-refractivity contribution is 5.98. The van der Waals surface area contributed by atoms with Crippen LogP contribution < -0.4 is 9.47 Å². The van der Waals surface area contributed by atoms with E-state index in [1.807, 2.05) is 62.4 Å². The standard InChI is InChI=1S/C14H14O3.C13H12O3/c1-2-7-17-13-9-11-6-4-3-5-10(11)8-12(13)14(15)16;1-2-16-12-8-10-6-4-3-5-9(10)7-11(12)13(14)15/h3-6,8-9H,2,7H2,1H3,(H,15,16);3-8H,2H2,1H3,(H,14,15). The lowest BCUT2D eigenvalue weighted by Crippen LogP contribution is -2.04. The van der Waals surface area contributed by atoms with E-state index in [1.165, 1.54) is 0 Å². The molecule has 0 unspecified atom stereocenters. The van der Waals surface area contributed by atoms with Gasteiger partial charge in [-0.3, -0.25) is 0 Å². The zero-order valence-corrected chi connectivity index (χ0v) is 18.6. The fourth-order valence-electron chi connectivity index (χ4n) is 3.38. The van der Waals surface area contributed by atoms with Crippen molar-refractivity contribution in [1.29, 1.82) is 0 Å². The van der Waals surface area contributed by atoms with E-state index in [2.05, 4.69) is 0 Å². The normalized spacial score (nSPS) is 10.4. The summed E-state index contributed by atoms with van der Waals surface area (Å²) >= 11 is 0. The van der Waals surface area contributed by atoms with Crippen LogP contribution in [0.5, 0.6) is 11.5 Å². The summed E-state index contributed by atoms with van der Waals surface area (Å²) in [5, 5.41) is 22.0. The number of carboxylic acids is 2.